The molecule has 1 atom stereocenters. The molecule has 0 amide bonds. The number of benzene rings is 1. The van der Waals surface area contributed by atoms with Crippen molar-refractivity contribution in [3.8, 4) is 0 Å². The molecule has 0 bridgehead atoms. The normalized spacial score (nSPS) is 28.0. The van der Waals surface area contributed by atoms with Crippen LogP contribution in [0.5, 0.6) is 0 Å². The minimum atomic E-state index is -5.24. The van der Waals surface area contributed by atoms with Gasteiger partial charge in [-0.05, 0) is 36.5 Å². The average molecular weight is 399 g/mol. The molecule has 3 rings (SSSR count). The van der Waals surface area contributed by atoms with E-state index in [4.69, 9.17) is 0 Å². The Morgan fingerprint density at radius 1 is 1.00 bits per heavy atom. The average Bonchev–Trinajstić information content (AvgIpc) is 2.67. The lowest BCUT2D eigenvalue weighted by atomic mass is 9.99. The largest absolute Gasteiger partial charge is 0.468 e. The molecule has 1 aromatic rings. The Labute approximate surface area is 147 Å². The molecule has 0 N–H and O–H groups in total. The minimum Gasteiger partial charge on any atom is -0.182 e. The van der Waals surface area contributed by atoms with Crippen molar-refractivity contribution in [1.29, 1.82) is 0 Å². The van der Waals surface area contributed by atoms with Crippen molar-refractivity contribution >= 4 is 16.4 Å². The maximum absolute atomic E-state index is 14.2. The van der Waals surface area contributed by atoms with E-state index in [1.54, 1.807) is 6.07 Å². The maximum Gasteiger partial charge on any atom is 0.468 e. The lowest BCUT2D eigenvalue weighted by Crippen LogP contribution is -2.61. The standard InChI is InChI=1S/C16H18ClF3O4S/c18-16(19,20)25(24-17(21,22)23)14-10-6-5-9-13(14)11-15(25)12-7-3-1-2-4-8-12/h5-6,9-12H,1-4,7-8H2. The number of rotatable bonds is 3. The summed E-state index contributed by atoms with van der Waals surface area (Å²) in [6.07, 6.45) is 5.86. The second-order valence-corrected chi connectivity index (χ2v) is 9.96. The van der Waals surface area contributed by atoms with Gasteiger partial charge in [-0.15, -0.1) is 0 Å². The smallest absolute Gasteiger partial charge is 0.182 e. The molecule has 0 spiro atoms. The van der Waals surface area contributed by atoms with Crippen molar-refractivity contribution in [2.45, 2.75) is 48.9 Å². The van der Waals surface area contributed by atoms with Crippen LogP contribution >= 0.6 is 10.3 Å². The van der Waals surface area contributed by atoms with Gasteiger partial charge in [-0.1, -0.05) is 43.9 Å². The molecule has 1 unspecified atom stereocenters. The zero-order valence-electron chi connectivity index (χ0n) is 13.3. The van der Waals surface area contributed by atoms with Crippen molar-refractivity contribution in [1.82, 2.24) is 0 Å². The van der Waals surface area contributed by atoms with Crippen molar-refractivity contribution in [3.05, 3.63) is 34.7 Å². The van der Waals surface area contributed by atoms with Gasteiger partial charge in [0.15, 0.2) is 10.3 Å². The first-order chi connectivity index (χ1) is 11.7. The van der Waals surface area contributed by atoms with Gasteiger partial charge in [0.25, 0.3) is 0 Å². The van der Waals surface area contributed by atoms with Gasteiger partial charge in [0.1, 0.15) is 3.74 Å². The van der Waals surface area contributed by atoms with E-state index in [9.17, 15) is 27.1 Å². The lowest BCUT2D eigenvalue weighted by Gasteiger charge is -2.37. The van der Waals surface area contributed by atoms with Crippen molar-refractivity contribution < 1.29 is 41.1 Å². The number of hydrogen-bond donors (Lipinski definition) is 0. The molecule has 0 saturated heterocycles. The fourth-order valence-electron chi connectivity index (χ4n) is 3.62. The Kier molecular flexibility index (Phi) is 5.13. The first kappa shape index (κ1) is 19.0. The third-order valence-corrected chi connectivity index (χ3v) is 8.74. The summed E-state index contributed by atoms with van der Waals surface area (Å²) in [5.41, 5.74) is -4.73. The molecular formula is C16H18ClF3O4S. The van der Waals surface area contributed by atoms with Crippen LogP contribution in [0.15, 0.2) is 34.1 Å². The summed E-state index contributed by atoms with van der Waals surface area (Å²) in [6.45, 7) is 0. The molecule has 2 aliphatic rings. The van der Waals surface area contributed by atoms with Crippen LogP contribution in [0, 0.1) is 16.2 Å². The van der Waals surface area contributed by atoms with Crippen LogP contribution in [0.25, 0.3) is 6.08 Å². The van der Waals surface area contributed by atoms with Crippen molar-refractivity contribution in [3.63, 3.8) is 0 Å². The lowest BCUT2D eigenvalue weighted by molar-refractivity contribution is -1.91. The van der Waals surface area contributed by atoms with E-state index >= 15 is 0 Å². The van der Waals surface area contributed by atoms with Crippen molar-refractivity contribution in [2.75, 3.05) is 0 Å². The summed E-state index contributed by atoms with van der Waals surface area (Å²) >= 11 is 0. The summed E-state index contributed by atoms with van der Waals surface area (Å²) in [5, 5.41) is 0. The van der Waals surface area contributed by atoms with Gasteiger partial charge in [-0.2, -0.15) is 27.1 Å². The molecule has 1 fully saturated rings. The number of alkyl halides is 3. The topological polar surface area (TPSA) is 78.4 Å². The summed E-state index contributed by atoms with van der Waals surface area (Å²) in [7, 11) is -9.64. The molecule has 1 heterocycles. The molecule has 0 radical (unpaired) electrons. The fraction of sp³-hybridized carbons (Fsp3) is 0.500. The summed E-state index contributed by atoms with van der Waals surface area (Å²) in [4.78, 5) is -0.344. The summed E-state index contributed by atoms with van der Waals surface area (Å²) < 4.78 is 80.6. The van der Waals surface area contributed by atoms with Crippen LogP contribution in [0.3, 0.4) is 0 Å². The molecular weight excluding hydrogens is 381 g/mol. The van der Waals surface area contributed by atoms with Gasteiger partial charge >= 0.3 is 5.51 Å². The molecule has 0 aromatic heterocycles. The molecule has 4 nitrogen and oxygen atoms in total. The van der Waals surface area contributed by atoms with E-state index in [1.807, 2.05) is 0 Å². The fourth-order valence-corrected chi connectivity index (χ4v) is 7.89. The number of fused-ring (bicyclic) bond motifs is 1. The maximum atomic E-state index is 14.2. The van der Waals surface area contributed by atoms with Gasteiger partial charge in [0.05, 0.1) is 10.2 Å². The number of hydrogen-bond acceptors (Lipinski definition) is 4. The van der Waals surface area contributed by atoms with Gasteiger partial charge < -0.3 is 0 Å². The number of halogens is 4. The van der Waals surface area contributed by atoms with Gasteiger partial charge in [0.2, 0.25) is 0 Å². The van der Waals surface area contributed by atoms with Crippen LogP contribution in [-0.4, -0.2) is 5.51 Å². The second kappa shape index (κ2) is 6.75. The highest BCUT2D eigenvalue weighted by atomic mass is 35.7. The molecule has 1 aromatic carbocycles. The van der Waals surface area contributed by atoms with E-state index in [1.165, 1.54) is 24.3 Å². The van der Waals surface area contributed by atoms with Crippen LogP contribution < -0.4 is 14.0 Å². The third kappa shape index (κ3) is 3.56. The van der Waals surface area contributed by atoms with E-state index in [2.05, 4.69) is 3.74 Å². The molecule has 140 valence electrons. The van der Waals surface area contributed by atoms with Gasteiger partial charge in [-0.25, -0.2) is 0 Å². The summed E-state index contributed by atoms with van der Waals surface area (Å²) in [6, 6.07) is 5.67. The van der Waals surface area contributed by atoms with Crippen LogP contribution in [0.4, 0.5) is 13.2 Å². The highest BCUT2D eigenvalue weighted by Gasteiger charge is 2.68. The Hall–Kier alpha value is -0.770. The Morgan fingerprint density at radius 2 is 1.60 bits per heavy atom. The zero-order chi connectivity index (χ0) is 18.3. The zero-order valence-corrected chi connectivity index (χ0v) is 14.8. The van der Waals surface area contributed by atoms with Crippen LogP contribution in [0.1, 0.15) is 44.1 Å². The highest BCUT2D eigenvalue weighted by molar-refractivity contribution is 8.34. The summed E-state index contributed by atoms with van der Waals surface area (Å²) in [5.74, 6) is -0.441. The van der Waals surface area contributed by atoms with Crippen LogP contribution in [-0.2, 0) is 3.74 Å². The quantitative estimate of drug-likeness (QED) is 0.733. The SMILES string of the molecule is [O-][Cl+3]([O-])([O-])OS1(C(F)(F)F)C(C2CCCCCC2)=Cc2ccccc21. The highest BCUT2D eigenvalue weighted by Crippen LogP contribution is 2.79. The predicted molar refractivity (Wildman–Crippen MR) is 78.6 cm³/mol. The third-order valence-electron chi connectivity index (χ3n) is 4.61. The minimum absolute atomic E-state index is 0.0879. The first-order valence-corrected chi connectivity index (χ1v) is 10.8. The van der Waals surface area contributed by atoms with E-state index < -0.39 is 32.0 Å². The van der Waals surface area contributed by atoms with Crippen LogP contribution in [0.2, 0.25) is 0 Å². The second-order valence-electron chi connectivity index (χ2n) is 6.22. The first-order valence-electron chi connectivity index (χ1n) is 7.97. The van der Waals surface area contributed by atoms with E-state index in [0.29, 0.717) is 12.8 Å². The monoisotopic (exact) mass is 398 g/mol. The Bertz CT molecular complexity index is 666. The molecule has 1 aliphatic carbocycles. The predicted octanol–water partition coefficient (Wildman–Crippen LogP) is 2.52. The van der Waals surface area contributed by atoms with E-state index in [0.717, 1.165) is 25.7 Å². The van der Waals surface area contributed by atoms with Gasteiger partial charge in [0, 0.05) is 9.80 Å². The Balaban J connectivity index is 2.17. The molecule has 1 aliphatic heterocycles. The van der Waals surface area contributed by atoms with Crippen molar-refractivity contribution in [2.24, 2.45) is 5.92 Å². The molecule has 25 heavy (non-hydrogen) atoms. The molecule has 9 heteroatoms. The van der Waals surface area contributed by atoms with E-state index in [-0.39, 0.29) is 15.4 Å². The molecule has 1 saturated carbocycles. The number of allylic oxidation sites excluding steroid dienone is 1. The van der Waals surface area contributed by atoms with Gasteiger partial charge in [-0.3, -0.25) is 0 Å². The Morgan fingerprint density at radius 3 is 2.16 bits per heavy atom.